The van der Waals surface area contributed by atoms with Gasteiger partial charge in [-0.1, -0.05) is 0 Å². The molecule has 2 atom stereocenters. The fraction of sp³-hybridized carbons (Fsp3) is 0.500. The van der Waals surface area contributed by atoms with Gasteiger partial charge in [-0.15, -0.1) is 0 Å². The van der Waals surface area contributed by atoms with Gasteiger partial charge in [-0.3, -0.25) is 24.0 Å². The number of hydrogen-bond acceptors (Lipinski definition) is 6. The van der Waals surface area contributed by atoms with Crippen molar-refractivity contribution in [3.8, 4) is 5.75 Å². The van der Waals surface area contributed by atoms with E-state index in [0.29, 0.717) is 29.8 Å². The average Bonchev–Trinajstić information content (AvgIpc) is 2.93. The number of ether oxygens (including phenoxy) is 1. The quantitative estimate of drug-likeness (QED) is 0.656. The molecule has 2 amide bonds. The lowest BCUT2D eigenvalue weighted by Crippen LogP contribution is -2.55. The minimum absolute atomic E-state index is 0.225. The lowest BCUT2D eigenvalue weighted by Gasteiger charge is -2.42. The van der Waals surface area contributed by atoms with Gasteiger partial charge in [-0.05, 0) is 18.6 Å². The van der Waals surface area contributed by atoms with E-state index in [1.165, 1.54) is 4.57 Å². The lowest BCUT2D eigenvalue weighted by molar-refractivity contribution is -0.135. The van der Waals surface area contributed by atoms with Crippen LogP contribution in [0.15, 0.2) is 16.9 Å². The van der Waals surface area contributed by atoms with Gasteiger partial charge in [0.05, 0.1) is 17.2 Å². The van der Waals surface area contributed by atoms with E-state index in [1.807, 2.05) is 12.1 Å². The second kappa shape index (κ2) is 5.85. The molecule has 1 unspecified atom stereocenters. The second-order valence-electron chi connectivity index (χ2n) is 7.32. The SMILES string of the molecule is Cn1c(=O)n(C2CCC(=O)NC2=O)c2ccc3c(c21)OC[C@H]1CNCCN31. The highest BCUT2D eigenvalue weighted by Crippen LogP contribution is 2.40. The number of nitrogens with one attached hydrogen (secondary N) is 2. The van der Waals surface area contributed by atoms with E-state index in [1.54, 1.807) is 11.6 Å². The second-order valence-corrected chi connectivity index (χ2v) is 7.32. The van der Waals surface area contributed by atoms with Crippen molar-refractivity contribution in [3.63, 3.8) is 0 Å². The Balaban J connectivity index is 1.68. The molecule has 142 valence electrons. The zero-order chi connectivity index (χ0) is 18.7. The molecule has 1 aromatic carbocycles. The molecule has 27 heavy (non-hydrogen) atoms. The summed E-state index contributed by atoms with van der Waals surface area (Å²) in [5, 5.41) is 5.71. The Labute approximate surface area is 154 Å². The van der Waals surface area contributed by atoms with Crippen LogP contribution >= 0.6 is 0 Å². The first-order chi connectivity index (χ1) is 13.1. The maximum Gasteiger partial charge on any atom is 0.329 e. The molecule has 3 aliphatic heterocycles. The minimum Gasteiger partial charge on any atom is -0.487 e. The van der Waals surface area contributed by atoms with Crippen molar-refractivity contribution in [2.45, 2.75) is 24.9 Å². The van der Waals surface area contributed by atoms with Crippen LogP contribution < -0.4 is 26.0 Å². The number of carbonyl (C=O) groups excluding carboxylic acids is 2. The van der Waals surface area contributed by atoms with Gasteiger partial charge in [0.15, 0.2) is 5.75 Å². The summed E-state index contributed by atoms with van der Waals surface area (Å²) in [6, 6.07) is 3.44. The highest BCUT2D eigenvalue weighted by atomic mass is 16.5. The predicted octanol–water partition coefficient (Wildman–Crippen LogP) is -0.512. The number of hydrogen-bond donors (Lipinski definition) is 2. The number of aryl methyl sites for hydroxylation is 1. The smallest absolute Gasteiger partial charge is 0.329 e. The van der Waals surface area contributed by atoms with E-state index in [2.05, 4.69) is 15.5 Å². The van der Waals surface area contributed by atoms with E-state index >= 15 is 0 Å². The van der Waals surface area contributed by atoms with E-state index in [-0.39, 0.29) is 24.1 Å². The number of rotatable bonds is 1. The highest BCUT2D eigenvalue weighted by Gasteiger charge is 2.35. The van der Waals surface area contributed by atoms with Crippen molar-refractivity contribution in [1.82, 2.24) is 19.8 Å². The van der Waals surface area contributed by atoms with Gasteiger partial charge in [0.2, 0.25) is 11.8 Å². The molecular formula is C18H21N5O4. The average molecular weight is 371 g/mol. The van der Waals surface area contributed by atoms with Gasteiger partial charge in [0, 0.05) is 33.1 Å². The van der Waals surface area contributed by atoms with Crippen molar-refractivity contribution in [2.75, 3.05) is 31.1 Å². The van der Waals surface area contributed by atoms with Gasteiger partial charge in [0.1, 0.15) is 18.2 Å². The number of piperidine rings is 1. The molecule has 2 fully saturated rings. The Hall–Kier alpha value is -2.81. The van der Waals surface area contributed by atoms with Crippen LogP contribution in [0, 0.1) is 0 Å². The number of nitrogens with zero attached hydrogens (tertiary/aromatic N) is 3. The van der Waals surface area contributed by atoms with Gasteiger partial charge >= 0.3 is 5.69 Å². The van der Waals surface area contributed by atoms with Gasteiger partial charge in [-0.25, -0.2) is 4.79 Å². The number of amides is 2. The Morgan fingerprint density at radius 3 is 2.89 bits per heavy atom. The summed E-state index contributed by atoms with van der Waals surface area (Å²) < 4.78 is 9.11. The first kappa shape index (κ1) is 16.4. The Bertz CT molecular complexity index is 1020. The number of fused-ring (bicyclic) bond motifs is 5. The zero-order valence-electron chi connectivity index (χ0n) is 15.0. The van der Waals surface area contributed by atoms with E-state index in [0.717, 1.165) is 25.3 Å². The number of imidazole rings is 1. The molecule has 9 heteroatoms. The lowest BCUT2D eigenvalue weighted by atomic mass is 10.1. The molecule has 1 aromatic heterocycles. The van der Waals surface area contributed by atoms with Crippen molar-refractivity contribution >= 4 is 28.5 Å². The van der Waals surface area contributed by atoms with E-state index in [4.69, 9.17) is 4.74 Å². The van der Waals surface area contributed by atoms with Gasteiger partial charge in [0.25, 0.3) is 0 Å². The third-order valence-electron chi connectivity index (χ3n) is 5.78. The molecule has 0 saturated carbocycles. The molecular weight excluding hydrogens is 350 g/mol. The Morgan fingerprint density at radius 1 is 1.22 bits per heavy atom. The van der Waals surface area contributed by atoms with E-state index < -0.39 is 11.9 Å². The molecule has 0 spiro atoms. The summed E-state index contributed by atoms with van der Waals surface area (Å²) in [6.07, 6.45) is 0.546. The summed E-state index contributed by atoms with van der Waals surface area (Å²) >= 11 is 0. The van der Waals surface area contributed by atoms with Crippen molar-refractivity contribution in [1.29, 1.82) is 0 Å². The predicted molar refractivity (Wildman–Crippen MR) is 98.1 cm³/mol. The van der Waals surface area contributed by atoms with Crippen LogP contribution in [-0.2, 0) is 16.6 Å². The molecule has 0 aliphatic carbocycles. The molecule has 4 heterocycles. The normalized spacial score (nSPS) is 25.0. The van der Waals surface area contributed by atoms with E-state index in [9.17, 15) is 14.4 Å². The summed E-state index contributed by atoms with van der Waals surface area (Å²) in [5.41, 5.74) is 2.05. The minimum atomic E-state index is -0.688. The topological polar surface area (TPSA) is 97.6 Å². The van der Waals surface area contributed by atoms with Crippen molar-refractivity contribution < 1.29 is 14.3 Å². The molecule has 2 aromatic rings. The fourth-order valence-corrected chi connectivity index (χ4v) is 4.43. The maximum absolute atomic E-state index is 13.0. The molecule has 5 rings (SSSR count). The van der Waals surface area contributed by atoms with Crippen LogP contribution in [0.4, 0.5) is 5.69 Å². The largest absolute Gasteiger partial charge is 0.487 e. The van der Waals surface area contributed by atoms with Crippen molar-refractivity contribution in [3.05, 3.63) is 22.6 Å². The summed E-state index contributed by atoms with van der Waals surface area (Å²) in [7, 11) is 1.69. The Morgan fingerprint density at radius 2 is 2.07 bits per heavy atom. The molecule has 3 aliphatic rings. The summed E-state index contributed by atoms with van der Waals surface area (Å²) in [6.45, 7) is 3.21. The van der Waals surface area contributed by atoms with Gasteiger partial charge in [-0.2, -0.15) is 0 Å². The monoisotopic (exact) mass is 371 g/mol. The molecule has 0 bridgehead atoms. The van der Waals surface area contributed by atoms with Gasteiger partial charge < -0.3 is 15.0 Å². The van der Waals surface area contributed by atoms with Crippen molar-refractivity contribution in [2.24, 2.45) is 7.05 Å². The summed E-state index contributed by atoms with van der Waals surface area (Å²) in [5.74, 6) is -0.0343. The number of imide groups is 1. The Kier molecular flexibility index (Phi) is 3.55. The first-order valence-electron chi connectivity index (χ1n) is 9.24. The number of piperazine rings is 1. The van der Waals surface area contributed by atoms with Crippen LogP contribution in [0.25, 0.3) is 11.0 Å². The molecule has 2 N–H and O–H groups in total. The van der Waals surface area contributed by atoms with Crippen LogP contribution in [0.3, 0.4) is 0 Å². The maximum atomic E-state index is 13.0. The molecule has 9 nitrogen and oxygen atoms in total. The van der Waals surface area contributed by atoms with Crippen LogP contribution in [-0.4, -0.2) is 53.2 Å². The number of anilines is 1. The van der Waals surface area contributed by atoms with Crippen LogP contribution in [0.1, 0.15) is 18.9 Å². The third-order valence-corrected chi connectivity index (χ3v) is 5.78. The standard InChI is InChI=1S/C18H21N5O4/c1-21-15-11(23(18(21)26)13-4-5-14(24)20-17(13)25)2-3-12-16(15)27-9-10-8-19-6-7-22(10)12/h2-3,10,13,19H,4-9H2,1H3,(H,20,24,25)/t10-,13?/m1/s1. The third kappa shape index (κ3) is 2.31. The van der Waals surface area contributed by atoms with Crippen LogP contribution in [0.5, 0.6) is 5.75 Å². The number of carbonyl (C=O) groups is 2. The van der Waals surface area contributed by atoms with Crippen LogP contribution in [0.2, 0.25) is 0 Å². The fourth-order valence-electron chi connectivity index (χ4n) is 4.43. The zero-order valence-corrected chi connectivity index (χ0v) is 15.0. The number of aromatic nitrogens is 2. The highest BCUT2D eigenvalue weighted by molar-refractivity contribution is 6.00. The first-order valence-corrected chi connectivity index (χ1v) is 9.24. The molecule has 2 saturated heterocycles. The summed E-state index contributed by atoms with van der Waals surface area (Å²) in [4.78, 5) is 39.1. The molecule has 0 radical (unpaired) electrons. The number of benzene rings is 1.